The van der Waals surface area contributed by atoms with Crippen LogP contribution in [-0.4, -0.2) is 71.5 Å². The predicted octanol–water partition coefficient (Wildman–Crippen LogP) is 0.789. The minimum absolute atomic E-state index is 0.0893. The SMILES string of the molecule is CN[C@H](C(=O)N(C)[C@H](C(=O)N1CCC[C@H]1C(=O)O)C(C)C)C(C)C. The first-order valence-electron chi connectivity index (χ1n) is 8.60. The Morgan fingerprint density at radius 3 is 2.17 bits per heavy atom. The van der Waals surface area contributed by atoms with Crippen molar-refractivity contribution < 1.29 is 19.5 Å². The molecule has 24 heavy (non-hydrogen) atoms. The van der Waals surface area contributed by atoms with Gasteiger partial charge in [0.25, 0.3) is 0 Å². The third-order valence-electron chi connectivity index (χ3n) is 4.71. The van der Waals surface area contributed by atoms with Gasteiger partial charge in [0, 0.05) is 13.6 Å². The van der Waals surface area contributed by atoms with Crippen molar-refractivity contribution in [3.63, 3.8) is 0 Å². The number of likely N-dealkylation sites (tertiary alicyclic amines) is 1. The number of rotatable bonds is 7. The van der Waals surface area contributed by atoms with Crippen LogP contribution < -0.4 is 5.32 Å². The maximum atomic E-state index is 13.0. The minimum atomic E-state index is -0.979. The van der Waals surface area contributed by atoms with Gasteiger partial charge in [-0.25, -0.2) is 4.79 Å². The summed E-state index contributed by atoms with van der Waals surface area (Å²) in [5.41, 5.74) is 0. The topological polar surface area (TPSA) is 90.0 Å². The number of amides is 2. The average Bonchev–Trinajstić information content (AvgIpc) is 2.96. The van der Waals surface area contributed by atoms with Gasteiger partial charge >= 0.3 is 5.97 Å². The fraction of sp³-hybridized carbons (Fsp3) is 0.824. The summed E-state index contributed by atoms with van der Waals surface area (Å²) in [5, 5.41) is 12.3. The van der Waals surface area contributed by atoms with Gasteiger partial charge < -0.3 is 20.2 Å². The van der Waals surface area contributed by atoms with Crippen LogP contribution in [0.25, 0.3) is 0 Å². The van der Waals surface area contributed by atoms with Gasteiger partial charge in [0.1, 0.15) is 12.1 Å². The van der Waals surface area contributed by atoms with Gasteiger partial charge in [0.15, 0.2) is 0 Å². The van der Waals surface area contributed by atoms with E-state index in [2.05, 4.69) is 5.32 Å². The lowest BCUT2D eigenvalue weighted by Crippen LogP contribution is -2.58. The summed E-state index contributed by atoms with van der Waals surface area (Å²) in [6.45, 7) is 8.07. The summed E-state index contributed by atoms with van der Waals surface area (Å²) in [4.78, 5) is 40.0. The van der Waals surface area contributed by atoms with E-state index in [-0.39, 0.29) is 29.7 Å². The van der Waals surface area contributed by atoms with Crippen molar-refractivity contribution in [2.45, 2.75) is 58.7 Å². The molecular weight excluding hydrogens is 310 g/mol. The van der Waals surface area contributed by atoms with Crippen molar-refractivity contribution in [1.29, 1.82) is 0 Å². The minimum Gasteiger partial charge on any atom is -0.480 e. The van der Waals surface area contributed by atoms with Crippen LogP contribution in [0.2, 0.25) is 0 Å². The molecule has 2 amide bonds. The highest BCUT2D eigenvalue weighted by Gasteiger charge is 2.41. The largest absolute Gasteiger partial charge is 0.480 e. The van der Waals surface area contributed by atoms with Crippen LogP contribution in [0.15, 0.2) is 0 Å². The Labute approximate surface area is 144 Å². The number of hydrogen-bond donors (Lipinski definition) is 2. The van der Waals surface area contributed by atoms with Crippen LogP contribution in [0, 0.1) is 11.8 Å². The van der Waals surface area contributed by atoms with E-state index in [9.17, 15) is 19.5 Å². The summed E-state index contributed by atoms with van der Waals surface area (Å²) in [7, 11) is 3.35. The lowest BCUT2D eigenvalue weighted by atomic mass is 9.97. The molecule has 0 bridgehead atoms. The quantitative estimate of drug-likeness (QED) is 0.714. The van der Waals surface area contributed by atoms with E-state index < -0.39 is 18.1 Å². The van der Waals surface area contributed by atoms with Gasteiger partial charge in [-0.05, 0) is 31.7 Å². The van der Waals surface area contributed by atoms with Gasteiger partial charge in [-0.2, -0.15) is 0 Å². The molecular formula is C17H31N3O4. The number of likely N-dealkylation sites (N-methyl/N-ethyl adjacent to an activating group) is 2. The van der Waals surface area contributed by atoms with E-state index in [4.69, 9.17) is 0 Å². The highest BCUT2D eigenvalue weighted by atomic mass is 16.4. The van der Waals surface area contributed by atoms with Crippen molar-refractivity contribution in [2.75, 3.05) is 20.6 Å². The molecule has 0 aromatic rings. The standard InChI is InChI=1S/C17H31N3O4/c1-10(2)13(18-5)15(21)19(6)14(11(3)4)16(22)20-9-7-8-12(20)17(23)24/h10-14,18H,7-9H2,1-6H3,(H,23,24)/t12-,13-,14-/m0/s1. The fourth-order valence-corrected chi connectivity index (χ4v) is 3.45. The van der Waals surface area contributed by atoms with Crippen molar-refractivity contribution in [1.82, 2.24) is 15.1 Å². The molecule has 0 aromatic carbocycles. The van der Waals surface area contributed by atoms with Crippen LogP contribution in [0.5, 0.6) is 0 Å². The first kappa shape index (κ1) is 20.4. The van der Waals surface area contributed by atoms with Gasteiger partial charge in [0.05, 0.1) is 6.04 Å². The molecule has 0 radical (unpaired) electrons. The molecule has 1 aliphatic heterocycles. The van der Waals surface area contributed by atoms with Crippen LogP contribution in [0.4, 0.5) is 0 Å². The zero-order valence-electron chi connectivity index (χ0n) is 15.6. The first-order valence-corrected chi connectivity index (χ1v) is 8.60. The number of nitrogens with one attached hydrogen (secondary N) is 1. The Hall–Kier alpha value is -1.63. The first-order chi connectivity index (χ1) is 11.1. The summed E-state index contributed by atoms with van der Waals surface area (Å²) >= 11 is 0. The van der Waals surface area contributed by atoms with Gasteiger partial charge in [-0.3, -0.25) is 9.59 Å². The molecule has 2 N–H and O–H groups in total. The number of hydrogen-bond acceptors (Lipinski definition) is 4. The number of carboxylic acids is 1. The third-order valence-corrected chi connectivity index (χ3v) is 4.71. The monoisotopic (exact) mass is 341 g/mol. The van der Waals surface area contributed by atoms with E-state index in [1.54, 1.807) is 14.1 Å². The van der Waals surface area contributed by atoms with Crippen LogP contribution in [0.1, 0.15) is 40.5 Å². The number of aliphatic carboxylic acids is 1. The zero-order valence-corrected chi connectivity index (χ0v) is 15.6. The zero-order chi connectivity index (χ0) is 18.6. The van der Waals surface area contributed by atoms with Crippen molar-refractivity contribution in [3.05, 3.63) is 0 Å². The Balaban J connectivity index is 3.03. The molecule has 1 heterocycles. The number of carbonyl (C=O) groups excluding carboxylic acids is 2. The second-order valence-electron chi connectivity index (χ2n) is 7.18. The van der Waals surface area contributed by atoms with E-state index in [1.807, 2.05) is 27.7 Å². The maximum Gasteiger partial charge on any atom is 0.326 e. The van der Waals surface area contributed by atoms with Gasteiger partial charge in [0.2, 0.25) is 11.8 Å². The molecule has 0 aliphatic carbocycles. The van der Waals surface area contributed by atoms with E-state index in [0.29, 0.717) is 19.4 Å². The highest BCUT2D eigenvalue weighted by molar-refractivity contribution is 5.92. The second kappa shape index (κ2) is 8.46. The summed E-state index contributed by atoms with van der Waals surface area (Å²) in [5.74, 6) is -1.42. The second-order valence-corrected chi connectivity index (χ2v) is 7.18. The van der Waals surface area contributed by atoms with Crippen molar-refractivity contribution in [3.8, 4) is 0 Å². The molecule has 7 heteroatoms. The molecule has 1 fully saturated rings. The Morgan fingerprint density at radius 1 is 1.17 bits per heavy atom. The van der Waals surface area contributed by atoms with Crippen LogP contribution in [0.3, 0.4) is 0 Å². The van der Waals surface area contributed by atoms with Gasteiger partial charge in [-0.1, -0.05) is 27.7 Å². The molecule has 7 nitrogen and oxygen atoms in total. The summed E-state index contributed by atoms with van der Waals surface area (Å²) in [6.07, 6.45) is 1.14. The molecule has 0 saturated carbocycles. The molecule has 138 valence electrons. The molecule has 3 atom stereocenters. The molecule has 1 rings (SSSR count). The normalized spacial score (nSPS) is 20.3. The Kier molecular flexibility index (Phi) is 7.20. The Morgan fingerprint density at radius 2 is 1.75 bits per heavy atom. The van der Waals surface area contributed by atoms with Crippen molar-refractivity contribution in [2.24, 2.45) is 11.8 Å². The van der Waals surface area contributed by atoms with Gasteiger partial charge in [-0.15, -0.1) is 0 Å². The molecule has 0 spiro atoms. The number of carbonyl (C=O) groups is 3. The lowest BCUT2D eigenvalue weighted by molar-refractivity contribution is -0.154. The van der Waals surface area contributed by atoms with Crippen molar-refractivity contribution >= 4 is 17.8 Å². The van der Waals surface area contributed by atoms with Crippen LogP contribution in [-0.2, 0) is 14.4 Å². The smallest absolute Gasteiger partial charge is 0.326 e. The fourth-order valence-electron chi connectivity index (χ4n) is 3.45. The van der Waals surface area contributed by atoms with E-state index in [1.165, 1.54) is 9.80 Å². The van der Waals surface area contributed by atoms with E-state index >= 15 is 0 Å². The molecule has 1 aliphatic rings. The number of nitrogens with zero attached hydrogens (tertiary/aromatic N) is 2. The average molecular weight is 341 g/mol. The number of carboxylic acid groups (broad SMARTS) is 1. The maximum absolute atomic E-state index is 13.0. The Bertz CT molecular complexity index is 478. The molecule has 0 unspecified atom stereocenters. The predicted molar refractivity (Wildman–Crippen MR) is 91.5 cm³/mol. The van der Waals surface area contributed by atoms with E-state index in [0.717, 1.165) is 0 Å². The third kappa shape index (κ3) is 4.26. The lowest BCUT2D eigenvalue weighted by Gasteiger charge is -2.36. The summed E-state index contributed by atoms with van der Waals surface area (Å²) < 4.78 is 0. The van der Waals surface area contributed by atoms with Crippen LogP contribution >= 0.6 is 0 Å². The molecule has 1 saturated heterocycles. The highest BCUT2D eigenvalue weighted by Crippen LogP contribution is 2.23. The summed E-state index contributed by atoms with van der Waals surface area (Å²) in [6, 6.07) is -1.82. The molecule has 0 aromatic heterocycles.